The van der Waals surface area contributed by atoms with Crippen molar-refractivity contribution in [3.8, 4) is 0 Å². The summed E-state index contributed by atoms with van der Waals surface area (Å²) in [5, 5.41) is 4.51. The lowest BCUT2D eigenvalue weighted by atomic mass is 10.5. The molecule has 7 nitrogen and oxygen atoms in total. The Kier molecular flexibility index (Phi) is 5.68. The maximum atomic E-state index is 4.51. The van der Waals surface area contributed by atoms with Crippen LogP contribution >= 0.6 is 11.8 Å². The zero-order valence-electron chi connectivity index (χ0n) is 12.4. The Bertz CT molecular complexity index is 560. The lowest BCUT2D eigenvalue weighted by molar-refractivity contribution is 0.782. The molecule has 2 aromatic heterocycles. The zero-order chi connectivity index (χ0) is 15.1. The first-order valence-electron chi connectivity index (χ1n) is 6.95. The molecule has 0 saturated heterocycles. The minimum atomic E-state index is 0.584. The van der Waals surface area contributed by atoms with Crippen molar-refractivity contribution in [1.82, 2.24) is 24.9 Å². The molecule has 0 spiro atoms. The monoisotopic (exact) mass is 305 g/mol. The van der Waals surface area contributed by atoms with E-state index < -0.39 is 0 Å². The molecule has 0 amide bonds. The van der Waals surface area contributed by atoms with Gasteiger partial charge in [-0.2, -0.15) is 15.0 Å². The average Bonchev–Trinajstić information content (AvgIpc) is 2.50. The van der Waals surface area contributed by atoms with Crippen LogP contribution in [0, 0.1) is 0 Å². The van der Waals surface area contributed by atoms with Crippen LogP contribution in [0.2, 0.25) is 0 Å². The van der Waals surface area contributed by atoms with Crippen LogP contribution in [0.15, 0.2) is 28.8 Å². The first kappa shape index (κ1) is 15.4. The molecule has 0 bridgehead atoms. The van der Waals surface area contributed by atoms with Crippen LogP contribution in [0.4, 0.5) is 11.9 Å². The molecule has 0 aliphatic carbocycles. The minimum Gasteiger partial charge on any atom is -0.354 e. The quantitative estimate of drug-likeness (QED) is 0.833. The van der Waals surface area contributed by atoms with E-state index in [4.69, 9.17) is 0 Å². The van der Waals surface area contributed by atoms with E-state index in [0.29, 0.717) is 17.1 Å². The molecule has 2 aromatic rings. The van der Waals surface area contributed by atoms with Gasteiger partial charge in [-0.3, -0.25) is 4.98 Å². The van der Waals surface area contributed by atoms with Gasteiger partial charge < -0.3 is 10.2 Å². The number of nitrogens with zero attached hydrogens (tertiary/aromatic N) is 6. The van der Waals surface area contributed by atoms with Crippen molar-refractivity contribution in [1.29, 1.82) is 0 Å². The predicted octanol–water partition coefficient (Wildman–Crippen LogP) is 2.09. The molecule has 0 fully saturated rings. The van der Waals surface area contributed by atoms with E-state index in [1.165, 1.54) is 11.8 Å². The molecule has 0 aromatic carbocycles. The van der Waals surface area contributed by atoms with Crippen molar-refractivity contribution in [2.75, 3.05) is 29.9 Å². The zero-order valence-corrected chi connectivity index (χ0v) is 13.3. The van der Waals surface area contributed by atoms with Gasteiger partial charge in [0.2, 0.25) is 17.1 Å². The van der Waals surface area contributed by atoms with Gasteiger partial charge in [-0.15, -0.1) is 0 Å². The van der Waals surface area contributed by atoms with Crippen molar-refractivity contribution in [2.24, 2.45) is 0 Å². The summed E-state index contributed by atoms with van der Waals surface area (Å²) < 4.78 is 0. The second-order valence-corrected chi connectivity index (χ2v) is 5.08. The van der Waals surface area contributed by atoms with Crippen molar-refractivity contribution < 1.29 is 0 Å². The van der Waals surface area contributed by atoms with Crippen LogP contribution in [0.3, 0.4) is 0 Å². The second-order valence-electron chi connectivity index (χ2n) is 4.09. The Labute approximate surface area is 128 Å². The summed E-state index contributed by atoms with van der Waals surface area (Å²) in [7, 11) is 0. The van der Waals surface area contributed by atoms with Crippen molar-refractivity contribution in [3.05, 3.63) is 18.6 Å². The van der Waals surface area contributed by atoms with Crippen LogP contribution in [-0.4, -0.2) is 44.6 Å². The van der Waals surface area contributed by atoms with E-state index in [1.807, 2.05) is 6.92 Å². The third-order valence-electron chi connectivity index (χ3n) is 2.72. The van der Waals surface area contributed by atoms with E-state index >= 15 is 0 Å². The minimum absolute atomic E-state index is 0.584. The molecule has 8 heteroatoms. The molecule has 0 radical (unpaired) electrons. The van der Waals surface area contributed by atoms with Crippen molar-refractivity contribution in [2.45, 2.75) is 31.0 Å². The fraction of sp³-hybridized carbons (Fsp3) is 0.462. The van der Waals surface area contributed by atoms with Gasteiger partial charge in [0.25, 0.3) is 0 Å². The van der Waals surface area contributed by atoms with Gasteiger partial charge in [0.15, 0.2) is 0 Å². The number of rotatable bonds is 7. The summed E-state index contributed by atoms with van der Waals surface area (Å²) in [6.45, 7) is 8.63. The van der Waals surface area contributed by atoms with E-state index in [9.17, 15) is 0 Å². The molecule has 0 atom stereocenters. The normalized spacial score (nSPS) is 10.4. The Hall–Kier alpha value is -1.96. The van der Waals surface area contributed by atoms with Crippen LogP contribution in [0.25, 0.3) is 0 Å². The van der Waals surface area contributed by atoms with Crippen LogP contribution in [-0.2, 0) is 0 Å². The second kappa shape index (κ2) is 7.72. The lowest BCUT2D eigenvalue weighted by Crippen LogP contribution is -2.25. The molecular formula is C13H19N7S. The van der Waals surface area contributed by atoms with Crippen LogP contribution in [0.5, 0.6) is 0 Å². The molecule has 0 unspecified atom stereocenters. The van der Waals surface area contributed by atoms with Gasteiger partial charge in [-0.05, 0) is 32.5 Å². The summed E-state index contributed by atoms with van der Waals surface area (Å²) in [4.78, 5) is 23.7. The standard InChI is InChI=1S/C13H19N7S/c1-4-15-11-17-12(20(5-2)6-3)19-13(18-11)21-10-9-14-7-8-16-10/h7-9H,4-6H2,1-3H3,(H,15,17,18,19). The summed E-state index contributed by atoms with van der Waals surface area (Å²) >= 11 is 1.38. The molecule has 112 valence electrons. The number of hydrogen-bond donors (Lipinski definition) is 1. The average molecular weight is 305 g/mol. The van der Waals surface area contributed by atoms with Crippen molar-refractivity contribution >= 4 is 23.7 Å². The van der Waals surface area contributed by atoms with Gasteiger partial charge >= 0.3 is 0 Å². The number of nitrogens with one attached hydrogen (secondary N) is 1. The first-order chi connectivity index (χ1) is 10.3. The Morgan fingerprint density at radius 2 is 1.90 bits per heavy atom. The topological polar surface area (TPSA) is 79.7 Å². The lowest BCUT2D eigenvalue weighted by Gasteiger charge is -2.19. The van der Waals surface area contributed by atoms with E-state index in [-0.39, 0.29) is 0 Å². The summed E-state index contributed by atoms with van der Waals surface area (Å²) in [5.41, 5.74) is 0. The van der Waals surface area contributed by atoms with E-state index in [2.05, 4.69) is 49.0 Å². The smallest absolute Gasteiger partial charge is 0.231 e. The van der Waals surface area contributed by atoms with Gasteiger partial charge in [-0.25, -0.2) is 4.98 Å². The van der Waals surface area contributed by atoms with Gasteiger partial charge in [0, 0.05) is 32.0 Å². The van der Waals surface area contributed by atoms with Gasteiger partial charge in [0.1, 0.15) is 5.03 Å². The molecule has 2 rings (SSSR count). The van der Waals surface area contributed by atoms with Crippen LogP contribution < -0.4 is 10.2 Å². The molecule has 2 heterocycles. The predicted molar refractivity (Wildman–Crippen MR) is 83.7 cm³/mol. The first-order valence-corrected chi connectivity index (χ1v) is 7.77. The highest BCUT2D eigenvalue weighted by atomic mass is 32.2. The third-order valence-corrected chi connectivity index (χ3v) is 3.50. The summed E-state index contributed by atoms with van der Waals surface area (Å²) in [6.07, 6.45) is 4.99. The number of anilines is 2. The third kappa shape index (κ3) is 4.25. The Morgan fingerprint density at radius 1 is 1.10 bits per heavy atom. The fourth-order valence-corrected chi connectivity index (χ4v) is 2.38. The largest absolute Gasteiger partial charge is 0.354 e. The number of hydrogen-bond acceptors (Lipinski definition) is 8. The molecule has 0 saturated carbocycles. The molecule has 0 aliphatic heterocycles. The van der Waals surface area contributed by atoms with Crippen LogP contribution in [0.1, 0.15) is 20.8 Å². The summed E-state index contributed by atoms with van der Waals surface area (Å²) in [5.74, 6) is 1.26. The van der Waals surface area contributed by atoms with E-state index in [0.717, 1.165) is 24.7 Å². The fourth-order valence-electron chi connectivity index (χ4n) is 1.71. The highest BCUT2D eigenvalue weighted by molar-refractivity contribution is 7.99. The maximum Gasteiger partial charge on any atom is 0.231 e. The van der Waals surface area contributed by atoms with Gasteiger partial charge in [-0.1, -0.05) is 0 Å². The maximum absolute atomic E-state index is 4.51. The molecule has 21 heavy (non-hydrogen) atoms. The Morgan fingerprint density at radius 3 is 2.52 bits per heavy atom. The van der Waals surface area contributed by atoms with Gasteiger partial charge in [0.05, 0.1) is 6.20 Å². The number of aromatic nitrogens is 5. The molecular weight excluding hydrogens is 286 g/mol. The Balaban J connectivity index is 2.30. The molecule has 1 N–H and O–H groups in total. The molecule has 0 aliphatic rings. The van der Waals surface area contributed by atoms with Crippen molar-refractivity contribution in [3.63, 3.8) is 0 Å². The SMILES string of the molecule is CCNc1nc(Sc2cnccn2)nc(N(CC)CC)n1. The summed E-state index contributed by atoms with van der Waals surface area (Å²) in [6, 6.07) is 0. The van der Waals surface area contributed by atoms with E-state index in [1.54, 1.807) is 18.6 Å². The highest BCUT2D eigenvalue weighted by Gasteiger charge is 2.12. The highest BCUT2D eigenvalue weighted by Crippen LogP contribution is 2.24.